The lowest BCUT2D eigenvalue weighted by molar-refractivity contribution is -0.385. The number of carbonyl (C=O) groups excluding carboxylic acids is 1. The molecule has 138 valence electrons. The molecule has 0 amide bonds. The maximum absolute atomic E-state index is 12.8. The molecule has 1 aliphatic heterocycles. The van der Waals surface area contributed by atoms with Crippen molar-refractivity contribution < 1.29 is 22.9 Å². The summed E-state index contributed by atoms with van der Waals surface area (Å²) in [7, 11) is -3.96. The number of benzene rings is 1. The third-order valence-electron chi connectivity index (χ3n) is 4.18. The first-order chi connectivity index (χ1) is 11.7. The van der Waals surface area contributed by atoms with Crippen LogP contribution < -0.4 is 5.73 Å². The van der Waals surface area contributed by atoms with Gasteiger partial charge in [-0.05, 0) is 32.8 Å². The van der Waals surface area contributed by atoms with Gasteiger partial charge in [0.05, 0.1) is 22.0 Å². The summed E-state index contributed by atoms with van der Waals surface area (Å²) in [6, 6.07) is 2.07. The first-order valence-electron chi connectivity index (χ1n) is 7.90. The van der Waals surface area contributed by atoms with E-state index < -0.39 is 26.6 Å². The van der Waals surface area contributed by atoms with Gasteiger partial charge in [-0.2, -0.15) is 4.31 Å². The zero-order valence-electron chi connectivity index (χ0n) is 14.1. The molecule has 1 heterocycles. The number of carbonyl (C=O) groups is 1. The summed E-state index contributed by atoms with van der Waals surface area (Å²) in [6.07, 6.45) is 1.02. The van der Waals surface area contributed by atoms with Gasteiger partial charge in [-0.25, -0.2) is 13.2 Å². The summed E-state index contributed by atoms with van der Waals surface area (Å²) in [5.41, 5.74) is 5.31. The van der Waals surface area contributed by atoms with Crippen LogP contribution in [0.4, 0.5) is 5.69 Å². The van der Waals surface area contributed by atoms with Gasteiger partial charge in [0.15, 0.2) is 0 Å². The van der Waals surface area contributed by atoms with Crippen molar-refractivity contribution in [2.24, 2.45) is 5.73 Å². The molecule has 10 heteroatoms. The Labute approximate surface area is 145 Å². The van der Waals surface area contributed by atoms with Crippen LogP contribution in [-0.2, 0) is 14.8 Å². The third kappa shape index (κ3) is 3.97. The van der Waals surface area contributed by atoms with Gasteiger partial charge in [-0.3, -0.25) is 10.1 Å². The molecule has 0 unspecified atom stereocenters. The van der Waals surface area contributed by atoms with E-state index in [1.165, 1.54) is 11.2 Å². The number of nitrogens with two attached hydrogens (primary N) is 1. The number of nitrogens with zero attached hydrogens (tertiary/aromatic N) is 2. The molecule has 1 aromatic carbocycles. The lowest BCUT2D eigenvalue weighted by Crippen LogP contribution is -2.42. The van der Waals surface area contributed by atoms with Gasteiger partial charge in [0.2, 0.25) is 10.0 Å². The Bertz CT molecular complexity index is 785. The Morgan fingerprint density at radius 1 is 1.40 bits per heavy atom. The summed E-state index contributed by atoms with van der Waals surface area (Å²) < 4.78 is 31.8. The van der Waals surface area contributed by atoms with Gasteiger partial charge in [0, 0.05) is 30.8 Å². The molecule has 0 bridgehead atoms. The van der Waals surface area contributed by atoms with Crippen LogP contribution in [-0.4, -0.2) is 49.4 Å². The summed E-state index contributed by atoms with van der Waals surface area (Å²) in [5, 5.41) is 11.3. The van der Waals surface area contributed by atoms with Crippen LogP contribution in [0.25, 0.3) is 0 Å². The van der Waals surface area contributed by atoms with E-state index in [0.717, 1.165) is 12.1 Å². The SMILES string of the molecule is CCOC(=O)c1cc(S(=O)(=O)N2CCC(N)CC2)cc([N+](=O)[O-])c1C. The summed E-state index contributed by atoms with van der Waals surface area (Å²) in [5.74, 6) is -0.791. The van der Waals surface area contributed by atoms with E-state index in [0.29, 0.717) is 12.8 Å². The molecule has 0 atom stereocenters. The van der Waals surface area contributed by atoms with E-state index in [-0.39, 0.29) is 41.8 Å². The Morgan fingerprint density at radius 3 is 2.52 bits per heavy atom. The van der Waals surface area contributed by atoms with E-state index in [9.17, 15) is 23.3 Å². The lowest BCUT2D eigenvalue weighted by Gasteiger charge is -2.29. The summed E-state index contributed by atoms with van der Waals surface area (Å²) in [6.45, 7) is 3.53. The number of nitro groups is 1. The van der Waals surface area contributed by atoms with Crippen molar-refractivity contribution in [2.45, 2.75) is 37.6 Å². The van der Waals surface area contributed by atoms with Crippen molar-refractivity contribution in [3.05, 3.63) is 33.4 Å². The van der Waals surface area contributed by atoms with Crippen LogP contribution in [0.15, 0.2) is 17.0 Å². The first kappa shape index (κ1) is 19.3. The minimum atomic E-state index is -3.96. The second-order valence-electron chi connectivity index (χ2n) is 5.83. The molecule has 2 N–H and O–H groups in total. The zero-order valence-corrected chi connectivity index (χ0v) is 14.9. The Kier molecular flexibility index (Phi) is 5.76. The van der Waals surface area contributed by atoms with Gasteiger partial charge in [-0.1, -0.05) is 0 Å². The van der Waals surface area contributed by atoms with Gasteiger partial charge >= 0.3 is 5.97 Å². The van der Waals surface area contributed by atoms with E-state index in [4.69, 9.17) is 10.5 Å². The zero-order chi connectivity index (χ0) is 18.8. The maximum Gasteiger partial charge on any atom is 0.338 e. The second kappa shape index (κ2) is 7.46. The number of ether oxygens (including phenoxy) is 1. The first-order valence-corrected chi connectivity index (χ1v) is 9.34. The number of nitro benzene ring substituents is 1. The van der Waals surface area contributed by atoms with Crippen LogP contribution in [0.5, 0.6) is 0 Å². The van der Waals surface area contributed by atoms with E-state index in [1.54, 1.807) is 6.92 Å². The van der Waals surface area contributed by atoms with E-state index >= 15 is 0 Å². The lowest BCUT2D eigenvalue weighted by atomic mass is 10.1. The Hall–Kier alpha value is -2.04. The van der Waals surface area contributed by atoms with Crippen molar-refractivity contribution in [3.8, 4) is 0 Å². The molecule has 1 fully saturated rings. The molecule has 0 aliphatic carbocycles. The molecular weight excluding hydrogens is 350 g/mol. The third-order valence-corrected chi connectivity index (χ3v) is 6.06. The minimum Gasteiger partial charge on any atom is -0.462 e. The fourth-order valence-electron chi connectivity index (χ4n) is 2.70. The molecule has 2 rings (SSSR count). The highest BCUT2D eigenvalue weighted by Crippen LogP contribution is 2.29. The highest BCUT2D eigenvalue weighted by molar-refractivity contribution is 7.89. The summed E-state index contributed by atoms with van der Waals surface area (Å²) >= 11 is 0. The Balaban J connectivity index is 2.53. The van der Waals surface area contributed by atoms with Crippen LogP contribution in [0, 0.1) is 17.0 Å². The topological polar surface area (TPSA) is 133 Å². The van der Waals surface area contributed by atoms with Crippen LogP contribution in [0.2, 0.25) is 0 Å². The number of hydrogen-bond acceptors (Lipinski definition) is 7. The molecule has 0 aromatic heterocycles. The molecule has 25 heavy (non-hydrogen) atoms. The summed E-state index contributed by atoms with van der Waals surface area (Å²) in [4.78, 5) is 22.4. The maximum atomic E-state index is 12.8. The van der Waals surface area contributed by atoms with E-state index in [1.807, 2.05) is 0 Å². The van der Waals surface area contributed by atoms with Crippen LogP contribution in [0.1, 0.15) is 35.7 Å². The molecule has 1 aliphatic rings. The smallest absolute Gasteiger partial charge is 0.338 e. The number of sulfonamides is 1. The number of esters is 1. The van der Waals surface area contributed by atoms with Gasteiger partial charge < -0.3 is 10.5 Å². The van der Waals surface area contributed by atoms with Gasteiger partial charge in [0.1, 0.15) is 0 Å². The minimum absolute atomic E-state index is 0.0612. The van der Waals surface area contributed by atoms with Crippen molar-refractivity contribution in [1.82, 2.24) is 4.31 Å². The standard InChI is InChI=1S/C15H21N3O6S/c1-3-24-15(19)13-8-12(9-14(10(13)2)18(20)21)25(22,23)17-6-4-11(16)5-7-17/h8-9,11H,3-7,16H2,1-2H3. The second-order valence-corrected chi connectivity index (χ2v) is 7.77. The average Bonchev–Trinajstić information content (AvgIpc) is 2.55. The molecule has 0 saturated carbocycles. The molecule has 1 saturated heterocycles. The van der Waals surface area contributed by atoms with Crippen LogP contribution >= 0.6 is 0 Å². The van der Waals surface area contributed by atoms with Crippen molar-refractivity contribution in [3.63, 3.8) is 0 Å². The highest BCUT2D eigenvalue weighted by Gasteiger charge is 2.32. The number of hydrogen-bond donors (Lipinski definition) is 1. The predicted octanol–water partition coefficient (Wildman–Crippen LogP) is 1.19. The average molecular weight is 371 g/mol. The fraction of sp³-hybridized carbons (Fsp3) is 0.533. The predicted molar refractivity (Wildman–Crippen MR) is 89.8 cm³/mol. The fourth-order valence-corrected chi connectivity index (χ4v) is 4.21. The molecule has 1 aromatic rings. The van der Waals surface area contributed by atoms with Gasteiger partial charge in [0.25, 0.3) is 5.69 Å². The normalized spacial score (nSPS) is 16.6. The molecule has 9 nitrogen and oxygen atoms in total. The highest BCUT2D eigenvalue weighted by atomic mass is 32.2. The molecule has 0 radical (unpaired) electrons. The van der Waals surface area contributed by atoms with Crippen molar-refractivity contribution in [2.75, 3.05) is 19.7 Å². The molecule has 0 spiro atoms. The number of piperidine rings is 1. The monoisotopic (exact) mass is 371 g/mol. The number of rotatable bonds is 5. The van der Waals surface area contributed by atoms with Crippen molar-refractivity contribution in [1.29, 1.82) is 0 Å². The van der Waals surface area contributed by atoms with E-state index in [2.05, 4.69) is 0 Å². The quantitative estimate of drug-likeness (QED) is 0.467. The van der Waals surface area contributed by atoms with Gasteiger partial charge in [-0.15, -0.1) is 0 Å². The molecular formula is C15H21N3O6S. The van der Waals surface area contributed by atoms with Crippen LogP contribution in [0.3, 0.4) is 0 Å². The van der Waals surface area contributed by atoms with Crippen molar-refractivity contribution >= 4 is 21.7 Å². The Morgan fingerprint density at radius 2 is 2.00 bits per heavy atom. The largest absolute Gasteiger partial charge is 0.462 e.